The highest BCUT2D eigenvalue weighted by Gasteiger charge is 2.21. The van der Waals surface area contributed by atoms with Gasteiger partial charge < -0.3 is 19.7 Å². The number of pyridine rings is 1. The van der Waals surface area contributed by atoms with Crippen molar-refractivity contribution in [2.24, 2.45) is 0 Å². The van der Waals surface area contributed by atoms with E-state index in [2.05, 4.69) is 10.2 Å². The number of benzene rings is 2. The van der Waals surface area contributed by atoms with E-state index in [-0.39, 0.29) is 16.7 Å². The molecule has 1 N–H and O–H groups in total. The van der Waals surface area contributed by atoms with Crippen LogP contribution in [0.3, 0.4) is 0 Å². The van der Waals surface area contributed by atoms with Crippen molar-refractivity contribution in [1.82, 2.24) is 4.98 Å². The van der Waals surface area contributed by atoms with Gasteiger partial charge in [-0.25, -0.2) is 4.98 Å². The van der Waals surface area contributed by atoms with E-state index in [0.717, 1.165) is 59.8 Å². The van der Waals surface area contributed by atoms with Crippen LogP contribution in [-0.2, 0) is 0 Å². The quantitative estimate of drug-likeness (QED) is 0.482. The van der Waals surface area contributed by atoms with Gasteiger partial charge in [0.25, 0.3) is 5.69 Å². The summed E-state index contributed by atoms with van der Waals surface area (Å²) < 4.78 is 10.7. The summed E-state index contributed by atoms with van der Waals surface area (Å²) in [6.45, 7) is 1.73. The Morgan fingerprint density at radius 2 is 1.87 bits per heavy atom. The Hall–Kier alpha value is -3.55. The van der Waals surface area contributed by atoms with Crippen LogP contribution >= 0.6 is 0 Å². The van der Waals surface area contributed by atoms with E-state index in [9.17, 15) is 10.1 Å². The number of nitro groups is 1. The molecule has 1 fully saturated rings. The normalized spacial score (nSPS) is 16.3. The highest BCUT2D eigenvalue weighted by Crippen LogP contribution is 2.29. The molecule has 0 spiro atoms. The van der Waals surface area contributed by atoms with Gasteiger partial charge >= 0.3 is 0 Å². The fourth-order valence-electron chi connectivity index (χ4n) is 3.82. The van der Waals surface area contributed by atoms with Crippen LogP contribution in [-0.4, -0.2) is 43.3 Å². The SMILES string of the molecule is COc1cc(NC2CCCN(c3ccc4cc([N+](=O)[O-])ccc4n3)C2)cc(OC)c1. The molecule has 30 heavy (non-hydrogen) atoms. The molecule has 8 heteroatoms. The summed E-state index contributed by atoms with van der Waals surface area (Å²) >= 11 is 0. The molecule has 1 unspecified atom stereocenters. The third-order valence-electron chi connectivity index (χ3n) is 5.34. The lowest BCUT2D eigenvalue weighted by atomic mass is 10.0. The number of hydrogen-bond donors (Lipinski definition) is 1. The van der Waals surface area contributed by atoms with Crippen molar-refractivity contribution in [2.75, 3.05) is 37.5 Å². The Morgan fingerprint density at radius 1 is 1.10 bits per heavy atom. The number of ether oxygens (including phenoxy) is 2. The van der Waals surface area contributed by atoms with E-state index >= 15 is 0 Å². The summed E-state index contributed by atoms with van der Waals surface area (Å²) in [5.74, 6) is 2.37. The number of anilines is 2. The zero-order chi connectivity index (χ0) is 21.1. The molecule has 1 saturated heterocycles. The molecule has 0 radical (unpaired) electrons. The first kappa shape index (κ1) is 19.8. The van der Waals surface area contributed by atoms with E-state index < -0.39 is 0 Å². The Balaban J connectivity index is 1.51. The molecule has 3 aromatic rings. The molecule has 1 atom stereocenters. The maximum atomic E-state index is 11.0. The molecule has 0 bridgehead atoms. The van der Waals surface area contributed by atoms with Gasteiger partial charge in [-0.3, -0.25) is 10.1 Å². The number of nitro benzene ring substituents is 1. The molecular formula is C22H24N4O4. The smallest absolute Gasteiger partial charge is 0.270 e. The highest BCUT2D eigenvalue weighted by atomic mass is 16.6. The first-order valence-electron chi connectivity index (χ1n) is 9.85. The highest BCUT2D eigenvalue weighted by molar-refractivity contribution is 5.82. The first-order chi connectivity index (χ1) is 14.6. The van der Waals surface area contributed by atoms with Crippen LogP contribution in [0.25, 0.3) is 10.9 Å². The van der Waals surface area contributed by atoms with Gasteiger partial charge in [-0.1, -0.05) is 0 Å². The third kappa shape index (κ3) is 4.22. The van der Waals surface area contributed by atoms with Gasteiger partial charge in [-0.2, -0.15) is 0 Å². The minimum Gasteiger partial charge on any atom is -0.497 e. The zero-order valence-corrected chi connectivity index (χ0v) is 17.0. The van der Waals surface area contributed by atoms with E-state index in [1.807, 2.05) is 30.3 Å². The number of non-ortho nitro benzene ring substituents is 1. The van der Waals surface area contributed by atoms with Gasteiger partial charge in [0, 0.05) is 60.5 Å². The van der Waals surface area contributed by atoms with Crippen molar-refractivity contribution in [2.45, 2.75) is 18.9 Å². The molecule has 1 aliphatic rings. The van der Waals surface area contributed by atoms with Crippen LogP contribution in [0.5, 0.6) is 11.5 Å². The molecule has 156 valence electrons. The average molecular weight is 408 g/mol. The van der Waals surface area contributed by atoms with Gasteiger partial charge in [0.05, 0.1) is 24.7 Å². The van der Waals surface area contributed by atoms with Crippen LogP contribution in [0.1, 0.15) is 12.8 Å². The number of aromatic nitrogens is 1. The number of rotatable bonds is 6. The van der Waals surface area contributed by atoms with Crippen molar-refractivity contribution in [3.63, 3.8) is 0 Å². The molecular weight excluding hydrogens is 384 g/mol. The lowest BCUT2D eigenvalue weighted by molar-refractivity contribution is -0.384. The Bertz CT molecular complexity index is 1050. The van der Waals surface area contributed by atoms with Crippen molar-refractivity contribution >= 4 is 28.1 Å². The predicted octanol–water partition coefficient (Wildman–Crippen LogP) is 4.24. The molecule has 0 aliphatic carbocycles. The van der Waals surface area contributed by atoms with Crippen LogP contribution in [0.15, 0.2) is 48.5 Å². The minimum atomic E-state index is -0.387. The Labute approximate surface area is 174 Å². The molecule has 8 nitrogen and oxygen atoms in total. The number of piperidine rings is 1. The maximum Gasteiger partial charge on any atom is 0.270 e. The van der Waals surface area contributed by atoms with Crippen molar-refractivity contribution in [3.05, 3.63) is 58.6 Å². The third-order valence-corrected chi connectivity index (χ3v) is 5.34. The second-order valence-electron chi connectivity index (χ2n) is 7.33. The Morgan fingerprint density at radius 3 is 2.57 bits per heavy atom. The number of nitrogens with zero attached hydrogens (tertiary/aromatic N) is 3. The molecule has 1 aliphatic heterocycles. The number of methoxy groups -OCH3 is 2. The molecule has 2 aromatic carbocycles. The van der Waals surface area contributed by atoms with E-state index in [4.69, 9.17) is 14.5 Å². The number of hydrogen-bond acceptors (Lipinski definition) is 7. The first-order valence-corrected chi connectivity index (χ1v) is 9.85. The minimum absolute atomic E-state index is 0.0769. The lowest BCUT2D eigenvalue weighted by Crippen LogP contribution is -2.42. The summed E-state index contributed by atoms with van der Waals surface area (Å²) in [4.78, 5) is 17.6. The molecule has 1 aromatic heterocycles. The molecule has 4 rings (SSSR count). The van der Waals surface area contributed by atoms with Crippen LogP contribution in [0.2, 0.25) is 0 Å². The summed E-state index contributed by atoms with van der Waals surface area (Å²) in [6, 6.07) is 14.6. The van der Waals surface area contributed by atoms with E-state index in [1.54, 1.807) is 26.4 Å². The largest absolute Gasteiger partial charge is 0.497 e. The summed E-state index contributed by atoms with van der Waals surface area (Å²) in [6.07, 6.45) is 2.09. The van der Waals surface area contributed by atoms with Crippen LogP contribution in [0, 0.1) is 10.1 Å². The summed E-state index contributed by atoms with van der Waals surface area (Å²) in [5, 5.41) is 15.3. The van der Waals surface area contributed by atoms with E-state index in [1.165, 1.54) is 6.07 Å². The standard InChI is InChI=1S/C22H24N4O4/c1-29-19-11-17(12-20(13-19)30-2)23-16-4-3-9-25(14-16)22-8-5-15-10-18(26(27)28)6-7-21(15)24-22/h5-8,10-13,16,23H,3-4,9,14H2,1-2H3. The predicted molar refractivity (Wildman–Crippen MR) is 117 cm³/mol. The summed E-state index contributed by atoms with van der Waals surface area (Å²) in [7, 11) is 3.28. The van der Waals surface area contributed by atoms with Gasteiger partial charge in [-0.05, 0) is 31.0 Å². The van der Waals surface area contributed by atoms with Crippen LogP contribution in [0.4, 0.5) is 17.2 Å². The van der Waals surface area contributed by atoms with Crippen molar-refractivity contribution < 1.29 is 14.4 Å². The second-order valence-corrected chi connectivity index (χ2v) is 7.33. The maximum absolute atomic E-state index is 11.0. The van der Waals surface area contributed by atoms with Gasteiger partial charge in [0.2, 0.25) is 0 Å². The number of fused-ring (bicyclic) bond motifs is 1. The topological polar surface area (TPSA) is 89.8 Å². The van der Waals surface area contributed by atoms with E-state index in [0.29, 0.717) is 0 Å². The zero-order valence-electron chi connectivity index (χ0n) is 17.0. The van der Waals surface area contributed by atoms with Gasteiger partial charge in [0.15, 0.2) is 0 Å². The fourth-order valence-corrected chi connectivity index (χ4v) is 3.82. The van der Waals surface area contributed by atoms with Crippen molar-refractivity contribution in [1.29, 1.82) is 0 Å². The van der Waals surface area contributed by atoms with Crippen molar-refractivity contribution in [3.8, 4) is 11.5 Å². The molecule has 0 amide bonds. The van der Waals surface area contributed by atoms with Gasteiger partial charge in [-0.15, -0.1) is 0 Å². The monoisotopic (exact) mass is 408 g/mol. The second kappa shape index (κ2) is 8.44. The summed E-state index contributed by atoms with van der Waals surface area (Å²) in [5.41, 5.74) is 1.79. The van der Waals surface area contributed by atoms with Gasteiger partial charge in [0.1, 0.15) is 17.3 Å². The van der Waals surface area contributed by atoms with Crippen LogP contribution < -0.4 is 19.7 Å². The Kier molecular flexibility index (Phi) is 5.56. The molecule has 2 heterocycles. The molecule has 0 saturated carbocycles. The lowest BCUT2D eigenvalue weighted by Gasteiger charge is -2.34. The number of nitrogens with one attached hydrogen (secondary N) is 1. The fraction of sp³-hybridized carbons (Fsp3) is 0.318. The average Bonchev–Trinajstić information content (AvgIpc) is 2.78.